The molecule has 0 spiro atoms. The fourth-order valence-corrected chi connectivity index (χ4v) is 3.69. The van der Waals surface area contributed by atoms with E-state index in [0.717, 1.165) is 25.7 Å². The van der Waals surface area contributed by atoms with Crippen molar-refractivity contribution in [1.82, 2.24) is 9.80 Å². The summed E-state index contributed by atoms with van der Waals surface area (Å²) in [5.41, 5.74) is 5.85. The number of nitrogens with two attached hydrogens (primary N) is 1. The highest BCUT2D eigenvalue weighted by Crippen LogP contribution is 2.33. The fraction of sp³-hybridized carbons (Fsp3) is 0.556. The van der Waals surface area contributed by atoms with E-state index in [9.17, 15) is 9.59 Å². The molecule has 0 aromatic heterocycles. The summed E-state index contributed by atoms with van der Waals surface area (Å²) in [6, 6.07) is 9.42. The molecule has 0 aliphatic carbocycles. The van der Waals surface area contributed by atoms with Gasteiger partial charge in [0.1, 0.15) is 5.54 Å². The number of hydrogen-bond acceptors (Lipinski definition) is 3. The second-order valence-electron chi connectivity index (χ2n) is 6.83. The van der Waals surface area contributed by atoms with Gasteiger partial charge in [0, 0.05) is 31.2 Å². The molecule has 5 heteroatoms. The maximum absolute atomic E-state index is 13.1. The first-order valence-corrected chi connectivity index (χ1v) is 8.44. The van der Waals surface area contributed by atoms with Crippen molar-refractivity contribution in [3.05, 3.63) is 35.9 Å². The standard InChI is InChI=1S/C18H25N3O2/c1-18(17(23)20-12-8-15(19)9-13-20)10-5-11-21(18)16(22)14-6-3-2-4-7-14/h2-4,6-7,15H,5,8-13,19H2,1H3. The molecule has 1 aromatic rings. The lowest BCUT2D eigenvalue weighted by molar-refractivity contribution is -0.141. The molecule has 2 aliphatic rings. The number of rotatable bonds is 2. The third-order valence-electron chi connectivity index (χ3n) is 5.19. The van der Waals surface area contributed by atoms with Crippen LogP contribution in [-0.4, -0.2) is 52.8 Å². The van der Waals surface area contributed by atoms with E-state index in [1.165, 1.54) is 0 Å². The van der Waals surface area contributed by atoms with Crippen LogP contribution in [0.4, 0.5) is 0 Å². The van der Waals surface area contributed by atoms with Crippen LogP contribution in [0.1, 0.15) is 43.0 Å². The number of hydrogen-bond donors (Lipinski definition) is 1. The molecular weight excluding hydrogens is 290 g/mol. The van der Waals surface area contributed by atoms with Gasteiger partial charge in [0.25, 0.3) is 5.91 Å². The van der Waals surface area contributed by atoms with E-state index in [4.69, 9.17) is 5.73 Å². The molecule has 0 saturated carbocycles. The van der Waals surface area contributed by atoms with E-state index in [-0.39, 0.29) is 17.9 Å². The van der Waals surface area contributed by atoms with Crippen molar-refractivity contribution in [2.24, 2.45) is 5.73 Å². The molecule has 1 unspecified atom stereocenters. The highest BCUT2D eigenvalue weighted by atomic mass is 16.2. The Labute approximate surface area is 137 Å². The first-order chi connectivity index (χ1) is 11.0. The first kappa shape index (κ1) is 16.0. The predicted molar refractivity (Wildman–Crippen MR) is 88.9 cm³/mol. The molecule has 2 N–H and O–H groups in total. The first-order valence-electron chi connectivity index (χ1n) is 8.44. The highest BCUT2D eigenvalue weighted by molar-refractivity contribution is 5.99. The molecule has 3 rings (SSSR count). The second-order valence-corrected chi connectivity index (χ2v) is 6.83. The Hall–Kier alpha value is -1.88. The number of likely N-dealkylation sites (tertiary alicyclic amines) is 2. The van der Waals surface area contributed by atoms with Crippen molar-refractivity contribution in [3.8, 4) is 0 Å². The van der Waals surface area contributed by atoms with Crippen LogP contribution in [0.25, 0.3) is 0 Å². The Morgan fingerprint density at radius 3 is 2.43 bits per heavy atom. The van der Waals surface area contributed by atoms with Crippen LogP contribution in [0.2, 0.25) is 0 Å². The molecule has 23 heavy (non-hydrogen) atoms. The third kappa shape index (κ3) is 2.98. The number of carbonyl (C=O) groups is 2. The van der Waals surface area contributed by atoms with Crippen molar-refractivity contribution < 1.29 is 9.59 Å². The minimum Gasteiger partial charge on any atom is -0.341 e. The van der Waals surface area contributed by atoms with Crippen LogP contribution in [-0.2, 0) is 4.79 Å². The average Bonchev–Trinajstić information content (AvgIpc) is 2.98. The molecule has 1 aromatic carbocycles. The van der Waals surface area contributed by atoms with E-state index >= 15 is 0 Å². The van der Waals surface area contributed by atoms with Gasteiger partial charge in [-0.3, -0.25) is 9.59 Å². The molecule has 0 bridgehead atoms. The largest absolute Gasteiger partial charge is 0.341 e. The summed E-state index contributed by atoms with van der Waals surface area (Å²) in [7, 11) is 0. The number of benzene rings is 1. The second kappa shape index (κ2) is 6.32. The minimum absolute atomic E-state index is 0.0485. The molecular formula is C18H25N3O2. The van der Waals surface area contributed by atoms with Gasteiger partial charge in [0.05, 0.1) is 0 Å². The van der Waals surface area contributed by atoms with Gasteiger partial charge >= 0.3 is 0 Å². The zero-order chi connectivity index (χ0) is 16.4. The summed E-state index contributed by atoms with van der Waals surface area (Å²) < 4.78 is 0. The van der Waals surface area contributed by atoms with Crippen molar-refractivity contribution in [1.29, 1.82) is 0 Å². The number of amides is 2. The van der Waals surface area contributed by atoms with E-state index in [2.05, 4.69) is 0 Å². The predicted octanol–water partition coefficient (Wildman–Crippen LogP) is 1.63. The van der Waals surface area contributed by atoms with E-state index in [0.29, 0.717) is 25.2 Å². The van der Waals surface area contributed by atoms with Gasteiger partial charge in [-0.15, -0.1) is 0 Å². The minimum atomic E-state index is -0.728. The number of carbonyl (C=O) groups excluding carboxylic acids is 2. The average molecular weight is 315 g/mol. The zero-order valence-electron chi connectivity index (χ0n) is 13.7. The van der Waals surface area contributed by atoms with Gasteiger partial charge < -0.3 is 15.5 Å². The Morgan fingerprint density at radius 1 is 1.13 bits per heavy atom. The van der Waals surface area contributed by atoms with Crippen molar-refractivity contribution in [2.45, 2.75) is 44.2 Å². The Bertz CT molecular complexity index is 581. The van der Waals surface area contributed by atoms with Crippen LogP contribution in [0, 0.1) is 0 Å². The highest BCUT2D eigenvalue weighted by Gasteiger charge is 2.47. The summed E-state index contributed by atoms with van der Waals surface area (Å²) >= 11 is 0. The van der Waals surface area contributed by atoms with Crippen LogP contribution >= 0.6 is 0 Å². The lowest BCUT2D eigenvalue weighted by atomic mass is 9.94. The fourth-order valence-electron chi connectivity index (χ4n) is 3.69. The Balaban J connectivity index is 1.79. The van der Waals surface area contributed by atoms with Gasteiger partial charge in [-0.05, 0) is 44.7 Å². The van der Waals surface area contributed by atoms with Gasteiger partial charge in [0.2, 0.25) is 5.91 Å². The van der Waals surface area contributed by atoms with Crippen LogP contribution in [0.3, 0.4) is 0 Å². The SMILES string of the molecule is CC1(C(=O)N2CCC(N)CC2)CCCN1C(=O)c1ccccc1. The lowest BCUT2D eigenvalue weighted by Gasteiger charge is -2.40. The van der Waals surface area contributed by atoms with Crippen LogP contribution < -0.4 is 5.73 Å². The molecule has 2 heterocycles. The summed E-state index contributed by atoms with van der Waals surface area (Å²) in [4.78, 5) is 29.6. The van der Waals surface area contributed by atoms with Crippen molar-refractivity contribution in [3.63, 3.8) is 0 Å². The maximum atomic E-state index is 13.1. The smallest absolute Gasteiger partial charge is 0.254 e. The summed E-state index contributed by atoms with van der Waals surface area (Å²) in [5, 5.41) is 0. The van der Waals surface area contributed by atoms with Crippen LogP contribution in [0.5, 0.6) is 0 Å². The van der Waals surface area contributed by atoms with Crippen molar-refractivity contribution >= 4 is 11.8 Å². The molecule has 5 nitrogen and oxygen atoms in total. The van der Waals surface area contributed by atoms with E-state index in [1.54, 1.807) is 4.90 Å². The number of piperidine rings is 1. The summed E-state index contributed by atoms with van der Waals surface area (Å²) in [6.45, 7) is 3.95. The molecule has 0 radical (unpaired) electrons. The van der Waals surface area contributed by atoms with Crippen LogP contribution in [0.15, 0.2) is 30.3 Å². The Morgan fingerprint density at radius 2 is 1.78 bits per heavy atom. The molecule has 2 saturated heterocycles. The molecule has 1 atom stereocenters. The molecule has 2 aliphatic heterocycles. The quantitative estimate of drug-likeness (QED) is 0.902. The normalized spacial score (nSPS) is 25.7. The van der Waals surface area contributed by atoms with E-state index < -0.39 is 5.54 Å². The molecule has 2 fully saturated rings. The summed E-state index contributed by atoms with van der Waals surface area (Å²) in [5.74, 6) is 0.0267. The topological polar surface area (TPSA) is 66.6 Å². The van der Waals surface area contributed by atoms with Gasteiger partial charge in [0.15, 0.2) is 0 Å². The lowest BCUT2D eigenvalue weighted by Crippen LogP contribution is -2.58. The zero-order valence-corrected chi connectivity index (χ0v) is 13.7. The van der Waals surface area contributed by atoms with Gasteiger partial charge in [-0.2, -0.15) is 0 Å². The number of nitrogens with zero attached hydrogens (tertiary/aromatic N) is 2. The molecule has 124 valence electrons. The summed E-state index contributed by atoms with van der Waals surface area (Å²) in [6.07, 6.45) is 3.28. The van der Waals surface area contributed by atoms with Gasteiger partial charge in [-0.1, -0.05) is 18.2 Å². The third-order valence-corrected chi connectivity index (χ3v) is 5.19. The van der Waals surface area contributed by atoms with Gasteiger partial charge in [-0.25, -0.2) is 0 Å². The monoisotopic (exact) mass is 315 g/mol. The Kier molecular flexibility index (Phi) is 4.39. The van der Waals surface area contributed by atoms with Crippen molar-refractivity contribution in [2.75, 3.05) is 19.6 Å². The van der Waals surface area contributed by atoms with E-state index in [1.807, 2.05) is 42.2 Å². The molecule has 2 amide bonds. The maximum Gasteiger partial charge on any atom is 0.254 e.